The zero-order valence-corrected chi connectivity index (χ0v) is 11.5. The van der Waals surface area contributed by atoms with Crippen molar-refractivity contribution in [3.05, 3.63) is 34.1 Å². The Morgan fingerprint density at radius 2 is 2.26 bits per heavy atom. The third-order valence-corrected chi connectivity index (χ3v) is 3.68. The van der Waals surface area contributed by atoms with E-state index in [9.17, 15) is 9.18 Å². The first-order valence-corrected chi connectivity index (χ1v) is 6.55. The Labute approximate surface area is 117 Å². The number of nitrogens with zero attached hydrogens (tertiary/aromatic N) is 1. The molecule has 1 aromatic carbocycles. The lowest BCUT2D eigenvalue weighted by Gasteiger charge is -2.17. The summed E-state index contributed by atoms with van der Waals surface area (Å²) in [6.07, 6.45) is 1.82. The van der Waals surface area contributed by atoms with Crippen LogP contribution in [-0.4, -0.2) is 23.0 Å². The number of benzene rings is 1. The predicted octanol–water partition coefficient (Wildman–Crippen LogP) is 1.84. The summed E-state index contributed by atoms with van der Waals surface area (Å²) in [7, 11) is 0. The number of rotatable bonds is 4. The van der Waals surface area contributed by atoms with Crippen molar-refractivity contribution in [3.8, 4) is 0 Å². The number of halogens is 2. The molecule has 0 radical (unpaired) electrons. The highest BCUT2D eigenvalue weighted by molar-refractivity contribution is 9.10. The van der Waals surface area contributed by atoms with Gasteiger partial charge in [0.2, 0.25) is 0 Å². The minimum atomic E-state index is -0.521. The summed E-state index contributed by atoms with van der Waals surface area (Å²) in [6, 6.07) is 3.32. The second-order valence-electron chi connectivity index (χ2n) is 4.44. The van der Waals surface area contributed by atoms with E-state index in [0.29, 0.717) is 4.47 Å². The zero-order chi connectivity index (χ0) is 14.0. The number of amides is 1. The second-order valence-corrected chi connectivity index (χ2v) is 5.29. The van der Waals surface area contributed by atoms with Gasteiger partial charge in [-0.15, -0.1) is 0 Å². The predicted molar refractivity (Wildman–Crippen MR) is 71.5 cm³/mol. The van der Waals surface area contributed by atoms with Gasteiger partial charge in [0.25, 0.3) is 5.91 Å². The molecule has 0 aliphatic heterocycles. The Hall–Kier alpha value is -1.63. The quantitative estimate of drug-likeness (QED) is 0.341. The maximum atomic E-state index is 13.2. The Bertz CT molecular complexity index is 532. The molecule has 7 heteroatoms. The standard InChI is InChI=1S/C12H13BrFN3O2/c13-9-4-3-7(14)5-8(9)12(18)16-10(6-1-2-6)11(15)17-19/h3-6,10,19H,1-2H2,(H2,15,17)(H,16,18). The van der Waals surface area contributed by atoms with Crippen LogP contribution in [0.2, 0.25) is 0 Å². The molecule has 102 valence electrons. The molecule has 1 unspecified atom stereocenters. The van der Waals surface area contributed by atoms with Crippen LogP contribution in [0.1, 0.15) is 23.2 Å². The van der Waals surface area contributed by atoms with Crippen molar-refractivity contribution in [3.63, 3.8) is 0 Å². The molecule has 1 atom stereocenters. The van der Waals surface area contributed by atoms with E-state index < -0.39 is 17.8 Å². The lowest BCUT2D eigenvalue weighted by molar-refractivity contribution is 0.0941. The molecule has 1 saturated carbocycles. The molecule has 1 aromatic rings. The Kier molecular flexibility index (Phi) is 4.04. The van der Waals surface area contributed by atoms with Crippen LogP contribution in [0.4, 0.5) is 4.39 Å². The number of hydrogen-bond donors (Lipinski definition) is 3. The zero-order valence-electron chi connectivity index (χ0n) is 9.94. The van der Waals surface area contributed by atoms with Crippen LogP contribution in [0.15, 0.2) is 27.8 Å². The lowest BCUT2D eigenvalue weighted by Crippen LogP contribution is -2.46. The molecule has 0 aromatic heterocycles. The number of oxime groups is 1. The normalized spacial score (nSPS) is 17.1. The summed E-state index contributed by atoms with van der Waals surface area (Å²) in [4.78, 5) is 12.1. The molecule has 1 aliphatic rings. The topological polar surface area (TPSA) is 87.7 Å². The fourth-order valence-electron chi connectivity index (χ4n) is 1.82. The summed E-state index contributed by atoms with van der Waals surface area (Å²) >= 11 is 3.19. The summed E-state index contributed by atoms with van der Waals surface area (Å²) in [6.45, 7) is 0. The highest BCUT2D eigenvalue weighted by Crippen LogP contribution is 2.33. The number of carbonyl (C=O) groups excluding carboxylic acids is 1. The Morgan fingerprint density at radius 3 is 2.84 bits per heavy atom. The van der Waals surface area contributed by atoms with Gasteiger partial charge in [-0.1, -0.05) is 5.16 Å². The summed E-state index contributed by atoms with van der Waals surface area (Å²) in [5.74, 6) is -0.828. The molecule has 0 spiro atoms. The van der Waals surface area contributed by atoms with Crippen molar-refractivity contribution in [2.75, 3.05) is 0 Å². The minimum Gasteiger partial charge on any atom is -0.409 e. The summed E-state index contributed by atoms with van der Waals surface area (Å²) < 4.78 is 13.6. The van der Waals surface area contributed by atoms with Crippen LogP contribution in [0.3, 0.4) is 0 Å². The van der Waals surface area contributed by atoms with Crippen molar-refractivity contribution in [1.29, 1.82) is 0 Å². The maximum Gasteiger partial charge on any atom is 0.253 e. The second kappa shape index (κ2) is 5.56. The van der Waals surface area contributed by atoms with Gasteiger partial charge in [-0.2, -0.15) is 0 Å². The van der Waals surface area contributed by atoms with Crippen molar-refractivity contribution in [2.24, 2.45) is 16.8 Å². The van der Waals surface area contributed by atoms with Crippen LogP contribution in [-0.2, 0) is 0 Å². The maximum absolute atomic E-state index is 13.2. The summed E-state index contributed by atoms with van der Waals surface area (Å²) in [5, 5.41) is 14.3. The lowest BCUT2D eigenvalue weighted by atomic mass is 10.1. The molecule has 1 amide bonds. The first-order chi connectivity index (χ1) is 9.02. The van der Waals surface area contributed by atoms with E-state index in [0.717, 1.165) is 18.9 Å². The first-order valence-electron chi connectivity index (χ1n) is 5.76. The van der Waals surface area contributed by atoms with Gasteiger partial charge in [-0.25, -0.2) is 4.39 Å². The largest absolute Gasteiger partial charge is 0.409 e. The number of nitrogens with one attached hydrogen (secondary N) is 1. The van der Waals surface area contributed by atoms with Gasteiger partial charge in [0.15, 0.2) is 5.84 Å². The minimum absolute atomic E-state index is 0.0385. The van der Waals surface area contributed by atoms with E-state index in [1.165, 1.54) is 12.1 Å². The van der Waals surface area contributed by atoms with Crippen LogP contribution in [0.25, 0.3) is 0 Å². The Balaban J connectivity index is 2.17. The molecular formula is C12H13BrFN3O2. The molecule has 2 rings (SSSR count). The van der Waals surface area contributed by atoms with Crippen LogP contribution < -0.4 is 11.1 Å². The van der Waals surface area contributed by atoms with Gasteiger partial charge in [0.05, 0.1) is 11.6 Å². The van der Waals surface area contributed by atoms with Gasteiger partial charge < -0.3 is 16.3 Å². The highest BCUT2D eigenvalue weighted by atomic mass is 79.9. The third kappa shape index (κ3) is 3.23. The fraction of sp³-hybridized carbons (Fsp3) is 0.333. The van der Waals surface area contributed by atoms with Crippen molar-refractivity contribution in [2.45, 2.75) is 18.9 Å². The van der Waals surface area contributed by atoms with Gasteiger partial charge in [-0.05, 0) is 52.9 Å². The fourth-order valence-corrected chi connectivity index (χ4v) is 2.24. The first kappa shape index (κ1) is 13.8. The van der Waals surface area contributed by atoms with Gasteiger partial charge in [-0.3, -0.25) is 4.79 Å². The Morgan fingerprint density at radius 1 is 1.58 bits per heavy atom. The molecule has 1 fully saturated rings. The van der Waals surface area contributed by atoms with E-state index in [-0.39, 0.29) is 17.3 Å². The average Bonchev–Trinajstić information content (AvgIpc) is 3.22. The molecule has 0 saturated heterocycles. The molecule has 19 heavy (non-hydrogen) atoms. The smallest absolute Gasteiger partial charge is 0.253 e. The number of carbonyl (C=O) groups is 1. The van der Waals surface area contributed by atoms with E-state index in [4.69, 9.17) is 10.9 Å². The third-order valence-electron chi connectivity index (χ3n) is 2.99. The van der Waals surface area contributed by atoms with E-state index >= 15 is 0 Å². The molecule has 5 nitrogen and oxygen atoms in total. The van der Waals surface area contributed by atoms with Crippen LogP contribution in [0.5, 0.6) is 0 Å². The number of nitrogens with two attached hydrogens (primary N) is 1. The van der Waals surface area contributed by atoms with E-state index in [2.05, 4.69) is 26.4 Å². The van der Waals surface area contributed by atoms with Crippen molar-refractivity contribution in [1.82, 2.24) is 5.32 Å². The van der Waals surface area contributed by atoms with Gasteiger partial charge in [0.1, 0.15) is 5.82 Å². The molecule has 0 bridgehead atoms. The van der Waals surface area contributed by atoms with Crippen molar-refractivity contribution < 1.29 is 14.4 Å². The van der Waals surface area contributed by atoms with Crippen LogP contribution >= 0.6 is 15.9 Å². The molecule has 0 heterocycles. The van der Waals surface area contributed by atoms with Gasteiger partial charge >= 0.3 is 0 Å². The molecule has 1 aliphatic carbocycles. The van der Waals surface area contributed by atoms with Crippen molar-refractivity contribution >= 4 is 27.7 Å². The number of amidine groups is 1. The van der Waals surface area contributed by atoms with E-state index in [1.807, 2.05) is 0 Å². The van der Waals surface area contributed by atoms with Crippen LogP contribution in [0, 0.1) is 11.7 Å². The van der Waals surface area contributed by atoms with Gasteiger partial charge in [0, 0.05) is 4.47 Å². The monoisotopic (exact) mass is 329 g/mol. The highest BCUT2D eigenvalue weighted by Gasteiger charge is 2.35. The number of hydrogen-bond acceptors (Lipinski definition) is 3. The summed E-state index contributed by atoms with van der Waals surface area (Å²) in [5.41, 5.74) is 5.73. The molecular weight excluding hydrogens is 317 g/mol. The average molecular weight is 330 g/mol. The van der Waals surface area contributed by atoms with E-state index in [1.54, 1.807) is 0 Å². The molecule has 4 N–H and O–H groups in total. The SMILES string of the molecule is NC(=NO)C(NC(=O)c1cc(F)ccc1Br)C1CC1.